The highest BCUT2D eigenvalue weighted by Gasteiger charge is 2.14. The zero-order chi connectivity index (χ0) is 14.5. The number of hydrogen-bond donors (Lipinski definition) is 2. The maximum Gasteiger partial charge on any atom is 0.189 e. The Balaban J connectivity index is 1.57. The lowest BCUT2D eigenvalue weighted by molar-refractivity contribution is 0.625. The van der Waals surface area contributed by atoms with Crippen molar-refractivity contribution in [2.45, 2.75) is 38.3 Å². The van der Waals surface area contributed by atoms with E-state index < -0.39 is 0 Å². The quantitative estimate of drug-likeness (QED) is 0.660. The predicted octanol–water partition coefficient (Wildman–Crippen LogP) is 1.61. The first-order chi connectivity index (χ1) is 10.3. The molecule has 1 heterocycles. The van der Waals surface area contributed by atoms with Gasteiger partial charge in [0.05, 0.1) is 12.2 Å². The lowest BCUT2D eigenvalue weighted by Gasteiger charge is -2.12. The highest BCUT2D eigenvalue weighted by atomic mass is 15.3. The molecular weight excluding hydrogens is 264 g/mol. The van der Waals surface area contributed by atoms with Gasteiger partial charge in [0.15, 0.2) is 5.96 Å². The molecule has 1 aromatic carbocycles. The molecule has 1 fully saturated rings. The van der Waals surface area contributed by atoms with Crippen LogP contribution >= 0.6 is 0 Å². The third-order valence-corrected chi connectivity index (χ3v) is 3.76. The Bertz CT molecular complexity index is 581. The average Bonchev–Trinajstić information content (AvgIpc) is 3.19. The lowest BCUT2D eigenvalue weighted by atomic mass is 10.2. The number of rotatable bonds is 4. The average molecular weight is 284 g/mol. The van der Waals surface area contributed by atoms with E-state index in [9.17, 15) is 0 Å². The summed E-state index contributed by atoms with van der Waals surface area (Å²) in [6, 6.07) is 8.57. The number of nitrogens with zero attached hydrogens (tertiary/aromatic N) is 4. The van der Waals surface area contributed by atoms with Crippen LogP contribution in [0.5, 0.6) is 0 Å². The molecule has 0 amide bonds. The number of guanidine groups is 1. The van der Waals surface area contributed by atoms with Gasteiger partial charge < -0.3 is 11.1 Å². The van der Waals surface area contributed by atoms with E-state index in [4.69, 9.17) is 5.73 Å². The van der Waals surface area contributed by atoms with Crippen LogP contribution in [-0.2, 0) is 6.54 Å². The van der Waals surface area contributed by atoms with Crippen molar-refractivity contribution in [3.05, 3.63) is 42.5 Å². The van der Waals surface area contributed by atoms with Crippen LogP contribution < -0.4 is 11.1 Å². The Labute approximate surface area is 124 Å². The van der Waals surface area contributed by atoms with Crippen LogP contribution in [0.3, 0.4) is 0 Å². The summed E-state index contributed by atoms with van der Waals surface area (Å²) in [5, 5.41) is 7.38. The fourth-order valence-corrected chi connectivity index (χ4v) is 2.60. The highest BCUT2D eigenvalue weighted by molar-refractivity contribution is 5.78. The summed E-state index contributed by atoms with van der Waals surface area (Å²) in [6.07, 6.45) is 8.17. The molecule has 21 heavy (non-hydrogen) atoms. The molecule has 0 unspecified atom stereocenters. The molecule has 0 aliphatic heterocycles. The summed E-state index contributed by atoms with van der Waals surface area (Å²) in [7, 11) is 0. The van der Waals surface area contributed by atoms with Gasteiger partial charge in [0.2, 0.25) is 0 Å². The van der Waals surface area contributed by atoms with Crippen molar-refractivity contribution in [2.75, 3.05) is 0 Å². The summed E-state index contributed by atoms with van der Waals surface area (Å²) < 4.78 is 1.73. The number of nitrogens with one attached hydrogen (secondary N) is 1. The fourth-order valence-electron chi connectivity index (χ4n) is 2.60. The summed E-state index contributed by atoms with van der Waals surface area (Å²) >= 11 is 0. The first kappa shape index (κ1) is 13.6. The van der Waals surface area contributed by atoms with Crippen LogP contribution in [-0.4, -0.2) is 26.8 Å². The topological polar surface area (TPSA) is 81.1 Å². The van der Waals surface area contributed by atoms with Crippen molar-refractivity contribution in [3.8, 4) is 5.69 Å². The van der Waals surface area contributed by atoms with Crippen molar-refractivity contribution in [3.63, 3.8) is 0 Å². The summed E-state index contributed by atoms with van der Waals surface area (Å²) in [4.78, 5) is 8.33. The van der Waals surface area contributed by atoms with Crippen molar-refractivity contribution in [1.82, 2.24) is 20.1 Å². The summed E-state index contributed by atoms with van der Waals surface area (Å²) in [5.74, 6) is 0.544. The van der Waals surface area contributed by atoms with Gasteiger partial charge in [0.1, 0.15) is 12.7 Å². The molecule has 0 radical (unpaired) electrons. The van der Waals surface area contributed by atoms with E-state index in [2.05, 4.69) is 20.4 Å². The smallest absolute Gasteiger partial charge is 0.189 e. The van der Waals surface area contributed by atoms with Gasteiger partial charge in [-0.05, 0) is 30.5 Å². The van der Waals surface area contributed by atoms with E-state index in [1.165, 1.54) is 32.0 Å². The Morgan fingerprint density at radius 2 is 2.05 bits per heavy atom. The monoisotopic (exact) mass is 284 g/mol. The molecular formula is C15H20N6. The zero-order valence-electron chi connectivity index (χ0n) is 11.9. The van der Waals surface area contributed by atoms with Gasteiger partial charge in [0, 0.05) is 6.04 Å². The molecule has 3 N–H and O–H groups in total. The van der Waals surface area contributed by atoms with Crippen molar-refractivity contribution >= 4 is 5.96 Å². The van der Waals surface area contributed by atoms with Crippen molar-refractivity contribution in [2.24, 2.45) is 10.7 Å². The van der Waals surface area contributed by atoms with Crippen LogP contribution in [0, 0.1) is 0 Å². The van der Waals surface area contributed by atoms with Crippen molar-refractivity contribution < 1.29 is 0 Å². The maximum atomic E-state index is 5.92. The minimum absolute atomic E-state index is 0.503. The minimum Gasteiger partial charge on any atom is -0.370 e. The van der Waals surface area contributed by atoms with Crippen LogP contribution in [0.1, 0.15) is 31.2 Å². The molecule has 1 aromatic heterocycles. The second kappa shape index (κ2) is 6.39. The number of hydrogen-bond acceptors (Lipinski definition) is 3. The molecule has 6 nitrogen and oxygen atoms in total. The van der Waals surface area contributed by atoms with Crippen LogP contribution in [0.4, 0.5) is 0 Å². The molecule has 6 heteroatoms. The summed E-state index contributed by atoms with van der Waals surface area (Å²) in [5.41, 5.74) is 8.03. The van der Waals surface area contributed by atoms with E-state index in [0.29, 0.717) is 18.5 Å². The third-order valence-electron chi connectivity index (χ3n) is 3.76. The SMILES string of the molecule is NC(=NCc1ccc(-n2cncn2)cc1)NC1CCCC1. The molecule has 1 aliphatic rings. The molecule has 2 aromatic rings. The van der Waals surface area contributed by atoms with Crippen LogP contribution in [0.2, 0.25) is 0 Å². The Morgan fingerprint density at radius 3 is 2.71 bits per heavy atom. The van der Waals surface area contributed by atoms with E-state index in [1.807, 2.05) is 24.3 Å². The number of benzene rings is 1. The second-order valence-corrected chi connectivity index (χ2v) is 5.33. The molecule has 3 rings (SSSR count). The van der Waals surface area contributed by atoms with E-state index in [0.717, 1.165) is 11.3 Å². The van der Waals surface area contributed by atoms with Gasteiger partial charge in [0.25, 0.3) is 0 Å². The summed E-state index contributed by atoms with van der Waals surface area (Å²) in [6.45, 7) is 0.586. The molecule has 0 saturated heterocycles. The molecule has 110 valence electrons. The lowest BCUT2D eigenvalue weighted by Crippen LogP contribution is -2.38. The zero-order valence-corrected chi connectivity index (χ0v) is 11.9. The Hall–Kier alpha value is -2.37. The number of nitrogens with two attached hydrogens (primary N) is 1. The van der Waals surface area contributed by atoms with Gasteiger partial charge in [-0.15, -0.1) is 0 Å². The largest absolute Gasteiger partial charge is 0.370 e. The van der Waals surface area contributed by atoms with Gasteiger partial charge in [-0.2, -0.15) is 5.10 Å². The van der Waals surface area contributed by atoms with Gasteiger partial charge in [-0.25, -0.2) is 14.7 Å². The van der Waals surface area contributed by atoms with Gasteiger partial charge in [-0.1, -0.05) is 25.0 Å². The van der Waals surface area contributed by atoms with Crippen LogP contribution in [0.25, 0.3) is 5.69 Å². The van der Waals surface area contributed by atoms with E-state index in [-0.39, 0.29) is 0 Å². The third kappa shape index (κ3) is 3.59. The normalized spacial score (nSPS) is 16.3. The second-order valence-electron chi connectivity index (χ2n) is 5.33. The standard InChI is InChI=1S/C15H20N6/c16-15(20-13-3-1-2-4-13)18-9-12-5-7-14(8-6-12)21-11-17-10-19-21/h5-8,10-11,13H,1-4,9H2,(H3,16,18,20). The molecule has 1 saturated carbocycles. The van der Waals surface area contributed by atoms with Gasteiger partial charge >= 0.3 is 0 Å². The molecule has 0 spiro atoms. The maximum absolute atomic E-state index is 5.92. The van der Waals surface area contributed by atoms with Crippen LogP contribution in [0.15, 0.2) is 41.9 Å². The van der Waals surface area contributed by atoms with E-state index in [1.54, 1.807) is 11.0 Å². The Morgan fingerprint density at radius 1 is 1.29 bits per heavy atom. The minimum atomic E-state index is 0.503. The molecule has 0 bridgehead atoms. The first-order valence-electron chi connectivity index (χ1n) is 7.32. The first-order valence-corrected chi connectivity index (χ1v) is 7.32. The van der Waals surface area contributed by atoms with Gasteiger partial charge in [-0.3, -0.25) is 0 Å². The fraction of sp³-hybridized carbons (Fsp3) is 0.400. The number of aliphatic imine (C=N–C) groups is 1. The molecule has 0 atom stereocenters. The van der Waals surface area contributed by atoms with E-state index >= 15 is 0 Å². The molecule has 1 aliphatic carbocycles. The highest BCUT2D eigenvalue weighted by Crippen LogP contribution is 2.17. The van der Waals surface area contributed by atoms with Crippen molar-refractivity contribution in [1.29, 1.82) is 0 Å². The number of aromatic nitrogens is 3. The Kier molecular flexibility index (Phi) is 4.14. The predicted molar refractivity (Wildman–Crippen MR) is 82.1 cm³/mol.